The first-order valence-corrected chi connectivity index (χ1v) is 6.90. The SMILES string of the molecule is NC(=O)c1ccc(OCCCOCc2ccccc2)cc1. The molecule has 0 aliphatic carbocycles. The fourth-order valence-corrected chi connectivity index (χ4v) is 1.83. The standard InChI is InChI=1S/C17H19NO3/c18-17(19)15-7-9-16(10-8-15)21-12-4-11-20-13-14-5-2-1-3-6-14/h1-3,5-10H,4,11-13H2,(H2,18,19). The van der Waals surface area contributed by atoms with Crippen molar-refractivity contribution in [2.45, 2.75) is 13.0 Å². The number of carbonyl (C=O) groups excluding carboxylic acids is 1. The number of primary amides is 1. The van der Waals surface area contributed by atoms with Gasteiger partial charge in [-0.1, -0.05) is 30.3 Å². The molecule has 4 nitrogen and oxygen atoms in total. The van der Waals surface area contributed by atoms with Gasteiger partial charge in [0.1, 0.15) is 5.75 Å². The Morgan fingerprint density at radius 1 is 0.952 bits per heavy atom. The minimum absolute atomic E-state index is 0.434. The van der Waals surface area contributed by atoms with E-state index in [-0.39, 0.29) is 0 Å². The Balaban J connectivity index is 1.60. The second-order valence-corrected chi connectivity index (χ2v) is 4.63. The summed E-state index contributed by atoms with van der Waals surface area (Å²) in [7, 11) is 0. The van der Waals surface area contributed by atoms with Crippen molar-refractivity contribution in [3.05, 3.63) is 65.7 Å². The molecule has 0 atom stereocenters. The van der Waals surface area contributed by atoms with Gasteiger partial charge in [-0.25, -0.2) is 0 Å². The van der Waals surface area contributed by atoms with Crippen LogP contribution in [0.5, 0.6) is 5.75 Å². The van der Waals surface area contributed by atoms with Crippen molar-refractivity contribution >= 4 is 5.91 Å². The summed E-state index contributed by atoms with van der Waals surface area (Å²) in [6, 6.07) is 16.9. The molecule has 0 aliphatic heterocycles. The number of hydrogen-bond acceptors (Lipinski definition) is 3. The zero-order chi connectivity index (χ0) is 14.9. The third kappa shape index (κ3) is 5.28. The molecule has 110 valence electrons. The fourth-order valence-electron chi connectivity index (χ4n) is 1.83. The number of nitrogens with two attached hydrogens (primary N) is 1. The first-order valence-electron chi connectivity index (χ1n) is 6.90. The Bertz CT molecular complexity index is 552. The van der Waals surface area contributed by atoms with Crippen LogP contribution in [0.4, 0.5) is 0 Å². The van der Waals surface area contributed by atoms with Crippen LogP contribution in [0.2, 0.25) is 0 Å². The highest BCUT2D eigenvalue weighted by Crippen LogP contribution is 2.12. The molecule has 2 rings (SSSR count). The maximum absolute atomic E-state index is 10.9. The summed E-state index contributed by atoms with van der Waals surface area (Å²) < 4.78 is 11.1. The molecule has 0 spiro atoms. The molecule has 0 bridgehead atoms. The normalized spacial score (nSPS) is 10.3. The number of benzene rings is 2. The summed E-state index contributed by atoms with van der Waals surface area (Å²) in [6.45, 7) is 1.84. The third-order valence-electron chi connectivity index (χ3n) is 2.95. The lowest BCUT2D eigenvalue weighted by molar-refractivity contribution is 0.100. The van der Waals surface area contributed by atoms with Crippen LogP contribution in [0.1, 0.15) is 22.3 Å². The molecule has 21 heavy (non-hydrogen) atoms. The summed E-state index contributed by atoms with van der Waals surface area (Å²) >= 11 is 0. The number of ether oxygens (including phenoxy) is 2. The smallest absolute Gasteiger partial charge is 0.248 e. The van der Waals surface area contributed by atoms with Crippen LogP contribution in [-0.4, -0.2) is 19.1 Å². The molecule has 2 N–H and O–H groups in total. The van der Waals surface area contributed by atoms with Crippen molar-refractivity contribution in [1.29, 1.82) is 0 Å². The van der Waals surface area contributed by atoms with Gasteiger partial charge in [0.05, 0.1) is 19.8 Å². The van der Waals surface area contributed by atoms with Gasteiger partial charge in [0.15, 0.2) is 0 Å². The topological polar surface area (TPSA) is 61.6 Å². The highest BCUT2D eigenvalue weighted by Gasteiger charge is 2.00. The van der Waals surface area contributed by atoms with Crippen LogP contribution < -0.4 is 10.5 Å². The summed E-state index contributed by atoms with van der Waals surface area (Å²) in [6.07, 6.45) is 0.810. The first-order chi connectivity index (χ1) is 10.3. The van der Waals surface area contributed by atoms with Crippen LogP contribution in [-0.2, 0) is 11.3 Å². The van der Waals surface area contributed by atoms with Gasteiger partial charge in [0, 0.05) is 12.0 Å². The van der Waals surface area contributed by atoms with Gasteiger partial charge < -0.3 is 15.2 Å². The van der Waals surface area contributed by atoms with Crippen LogP contribution in [0.3, 0.4) is 0 Å². The maximum atomic E-state index is 10.9. The van der Waals surface area contributed by atoms with E-state index < -0.39 is 5.91 Å². The summed E-state index contributed by atoms with van der Waals surface area (Å²) in [4.78, 5) is 10.9. The average Bonchev–Trinajstić information content (AvgIpc) is 2.52. The van der Waals surface area contributed by atoms with Crippen molar-refractivity contribution in [2.24, 2.45) is 5.73 Å². The molecular weight excluding hydrogens is 266 g/mol. The van der Waals surface area contributed by atoms with Crippen LogP contribution in [0.25, 0.3) is 0 Å². The Morgan fingerprint density at radius 2 is 1.67 bits per heavy atom. The van der Waals surface area contributed by atoms with Crippen LogP contribution in [0, 0.1) is 0 Å². The summed E-state index contributed by atoms with van der Waals surface area (Å²) in [5, 5.41) is 0. The predicted molar refractivity (Wildman–Crippen MR) is 81.2 cm³/mol. The first kappa shape index (κ1) is 15.1. The lowest BCUT2D eigenvalue weighted by atomic mass is 10.2. The molecule has 0 saturated carbocycles. The van der Waals surface area contributed by atoms with E-state index in [4.69, 9.17) is 15.2 Å². The summed E-state index contributed by atoms with van der Waals surface area (Å²) in [5.74, 6) is 0.291. The highest BCUT2D eigenvalue weighted by molar-refractivity contribution is 5.92. The van der Waals surface area contributed by atoms with Gasteiger partial charge in [0.2, 0.25) is 5.91 Å². The largest absolute Gasteiger partial charge is 0.494 e. The predicted octanol–water partition coefficient (Wildman–Crippen LogP) is 2.77. The minimum atomic E-state index is -0.434. The van der Waals surface area contributed by atoms with Gasteiger partial charge in [-0.3, -0.25) is 4.79 Å². The molecular formula is C17H19NO3. The fraction of sp³-hybridized carbons (Fsp3) is 0.235. The number of hydrogen-bond donors (Lipinski definition) is 1. The van der Waals surface area contributed by atoms with Crippen molar-refractivity contribution in [2.75, 3.05) is 13.2 Å². The van der Waals surface area contributed by atoms with E-state index in [1.54, 1.807) is 24.3 Å². The molecule has 4 heteroatoms. The zero-order valence-electron chi connectivity index (χ0n) is 11.8. The van der Waals surface area contributed by atoms with Crippen molar-refractivity contribution in [3.8, 4) is 5.75 Å². The molecule has 1 amide bonds. The maximum Gasteiger partial charge on any atom is 0.248 e. The quantitative estimate of drug-likeness (QED) is 0.759. The second kappa shape index (κ2) is 8.07. The van der Waals surface area contributed by atoms with E-state index in [2.05, 4.69) is 0 Å². The Labute approximate surface area is 124 Å². The van der Waals surface area contributed by atoms with Gasteiger partial charge >= 0.3 is 0 Å². The monoisotopic (exact) mass is 285 g/mol. The molecule has 0 aliphatic rings. The van der Waals surface area contributed by atoms with E-state index in [0.29, 0.717) is 25.4 Å². The lowest BCUT2D eigenvalue weighted by Gasteiger charge is -2.07. The summed E-state index contributed by atoms with van der Waals surface area (Å²) in [5.41, 5.74) is 6.82. The molecule has 0 saturated heterocycles. The van der Waals surface area contributed by atoms with Crippen molar-refractivity contribution in [1.82, 2.24) is 0 Å². The molecule has 0 aromatic heterocycles. The van der Waals surface area contributed by atoms with Crippen molar-refractivity contribution in [3.63, 3.8) is 0 Å². The molecule has 0 radical (unpaired) electrons. The van der Waals surface area contributed by atoms with Gasteiger partial charge in [-0.2, -0.15) is 0 Å². The highest BCUT2D eigenvalue weighted by atomic mass is 16.5. The number of carbonyl (C=O) groups is 1. The van der Waals surface area contributed by atoms with E-state index in [1.165, 1.54) is 5.56 Å². The second-order valence-electron chi connectivity index (χ2n) is 4.63. The third-order valence-corrected chi connectivity index (χ3v) is 2.95. The minimum Gasteiger partial charge on any atom is -0.494 e. The van der Waals surface area contributed by atoms with Gasteiger partial charge in [0.25, 0.3) is 0 Å². The van der Waals surface area contributed by atoms with E-state index >= 15 is 0 Å². The van der Waals surface area contributed by atoms with E-state index in [1.807, 2.05) is 30.3 Å². The Hall–Kier alpha value is -2.33. The van der Waals surface area contributed by atoms with Gasteiger partial charge in [-0.15, -0.1) is 0 Å². The number of rotatable bonds is 8. The van der Waals surface area contributed by atoms with Crippen LogP contribution >= 0.6 is 0 Å². The van der Waals surface area contributed by atoms with Crippen LogP contribution in [0.15, 0.2) is 54.6 Å². The van der Waals surface area contributed by atoms with Crippen molar-refractivity contribution < 1.29 is 14.3 Å². The molecule has 0 unspecified atom stereocenters. The molecule has 2 aromatic carbocycles. The molecule has 0 heterocycles. The van der Waals surface area contributed by atoms with Gasteiger partial charge in [-0.05, 0) is 29.8 Å². The average molecular weight is 285 g/mol. The Kier molecular flexibility index (Phi) is 5.79. The Morgan fingerprint density at radius 3 is 2.33 bits per heavy atom. The number of amides is 1. The van der Waals surface area contributed by atoms with E-state index in [0.717, 1.165) is 12.2 Å². The zero-order valence-corrected chi connectivity index (χ0v) is 11.8. The molecule has 0 fully saturated rings. The molecule has 2 aromatic rings. The lowest BCUT2D eigenvalue weighted by Crippen LogP contribution is -2.10. The van der Waals surface area contributed by atoms with E-state index in [9.17, 15) is 4.79 Å².